The first-order valence-corrected chi connectivity index (χ1v) is 9.16. The van der Waals surface area contributed by atoms with Gasteiger partial charge in [0.05, 0.1) is 22.3 Å². The normalized spacial score (nSPS) is 10.3. The van der Waals surface area contributed by atoms with Crippen molar-refractivity contribution in [3.8, 4) is 5.75 Å². The Kier molecular flexibility index (Phi) is 7.06. The Bertz CT molecular complexity index is 839. The Morgan fingerprint density at radius 2 is 1.92 bits per heavy atom. The van der Waals surface area contributed by atoms with Gasteiger partial charge >= 0.3 is 5.97 Å². The van der Waals surface area contributed by atoms with Crippen LogP contribution < -0.4 is 10.1 Å². The summed E-state index contributed by atoms with van der Waals surface area (Å²) < 4.78 is 11.3. The number of nitrogens with one attached hydrogen (secondary N) is 1. The third-order valence-corrected chi connectivity index (χ3v) is 5.19. The second kappa shape index (κ2) is 9.05. The smallest absolute Gasteiger partial charge is 0.340 e. The van der Waals surface area contributed by atoms with Crippen molar-refractivity contribution in [3.05, 3.63) is 56.5 Å². The van der Waals surface area contributed by atoms with Gasteiger partial charge in [-0.15, -0.1) is 0 Å². The zero-order chi connectivity index (χ0) is 19.3. The molecule has 1 N–H and O–H groups in total. The molecule has 0 fully saturated rings. The van der Waals surface area contributed by atoms with E-state index < -0.39 is 5.97 Å². The van der Waals surface area contributed by atoms with Gasteiger partial charge in [0.2, 0.25) is 0 Å². The Hall–Kier alpha value is -2.05. The number of halogens is 2. The summed E-state index contributed by atoms with van der Waals surface area (Å²) in [4.78, 5) is 24.2. The molecule has 138 valence electrons. The summed E-state index contributed by atoms with van der Waals surface area (Å²) in [5.74, 6) is -0.354. The number of para-hydroxylation sites is 1. The van der Waals surface area contributed by atoms with E-state index in [9.17, 15) is 9.59 Å². The highest BCUT2D eigenvalue weighted by atomic mass is 79.9. The number of benzene rings is 2. The lowest BCUT2D eigenvalue weighted by Crippen LogP contribution is -2.22. The van der Waals surface area contributed by atoms with Gasteiger partial charge in [-0.05, 0) is 66.0 Å². The molecular weight excluding hydrogens is 422 g/mol. The fraction of sp³-hybridized carbons (Fsp3) is 0.263. The van der Waals surface area contributed by atoms with Crippen LogP contribution >= 0.6 is 27.5 Å². The van der Waals surface area contributed by atoms with Crippen LogP contribution in [0.2, 0.25) is 5.02 Å². The summed E-state index contributed by atoms with van der Waals surface area (Å²) >= 11 is 9.62. The van der Waals surface area contributed by atoms with Crippen LogP contribution in [0.4, 0.5) is 5.69 Å². The Morgan fingerprint density at radius 1 is 1.23 bits per heavy atom. The number of anilines is 1. The lowest BCUT2D eigenvalue weighted by molar-refractivity contribution is -0.118. The van der Waals surface area contributed by atoms with Crippen LogP contribution in [0.3, 0.4) is 0 Å². The van der Waals surface area contributed by atoms with Gasteiger partial charge in [0.25, 0.3) is 5.91 Å². The molecule has 0 aliphatic carbocycles. The average Bonchev–Trinajstić information content (AvgIpc) is 2.62. The lowest BCUT2D eigenvalue weighted by Gasteiger charge is -2.14. The van der Waals surface area contributed by atoms with Crippen LogP contribution in [0, 0.1) is 13.8 Å². The zero-order valence-corrected chi connectivity index (χ0v) is 17.0. The summed E-state index contributed by atoms with van der Waals surface area (Å²) in [5.41, 5.74) is 2.37. The van der Waals surface area contributed by atoms with Gasteiger partial charge in [0, 0.05) is 5.02 Å². The zero-order valence-electron chi connectivity index (χ0n) is 14.7. The van der Waals surface area contributed by atoms with Crippen molar-refractivity contribution < 1.29 is 19.1 Å². The number of aryl methyl sites for hydroxylation is 1. The molecule has 5 nitrogen and oxygen atoms in total. The van der Waals surface area contributed by atoms with E-state index in [1.165, 1.54) is 0 Å². The maximum Gasteiger partial charge on any atom is 0.340 e. The van der Waals surface area contributed by atoms with Crippen LogP contribution in [0.5, 0.6) is 5.75 Å². The number of hydrogen-bond donors (Lipinski definition) is 1. The second-order valence-corrected chi connectivity index (χ2v) is 6.72. The van der Waals surface area contributed by atoms with Crippen LogP contribution in [0.15, 0.2) is 34.8 Å². The molecule has 0 heterocycles. The predicted molar refractivity (Wildman–Crippen MR) is 105 cm³/mol. The van der Waals surface area contributed by atoms with Gasteiger partial charge in [-0.2, -0.15) is 0 Å². The number of ether oxygens (including phenoxy) is 2. The highest BCUT2D eigenvalue weighted by Crippen LogP contribution is 2.35. The largest absolute Gasteiger partial charge is 0.483 e. The van der Waals surface area contributed by atoms with Gasteiger partial charge in [-0.25, -0.2) is 4.79 Å². The standard InChI is InChI=1S/C19H19BrClNO4/c1-4-25-19(24)13-7-5-6-8-14(13)22-16(23)10-26-15-9-11(2)18(21)12(3)17(15)20/h5-9H,4,10H2,1-3H3,(H,22,23). The number of rotatable bonds is 6. The number of hydrogen-bond acceptors (Lipinski definition) is 4. The molecule has 2 aromatic rings. The van der Waals surface area contributed by atoms with E-state index in [1.807, 2.05) is 13.8 Å². The fourth-order valence-corrected chi connectivity index (χ4v) is 3.00. The SMILES string of the molecule is CCOC(=O)c1ccccc1NC(=O)COc1cc(C)c(Cl)c(C)c1Br. The predicted octanol–water partition coefficient (Wildman–Crippen LogP) is 4.91. The quantitative estimate of drug-likeness (QED) is 0.648. The number of amides is 1. The Balaban J connectivity index is 2.08. The maximum atomic E-state index is 12.2. The molecule has 7 heteroatoms. The van der Waals surface area contributed by atoms with Gasteiger partial charge in [0.15, 0.2) is 6.61 Å². The molecule has 0 saturated heterocycles. The first-order valence-electron chi connectivity index (χ1n) is 7.99. The minimum Gasteiger partial charge on any atom is -0.483 e. The molecule has 0 saturated carbocycles. The van der Waals surface area contributed by atoms with Crippen molar-refractivity contribution in [2.75, 3.05) is 18.5 Å². The molecule has 0 spiro atoms. The van der Waals surface area contributed by atoms with Crippen molar-refractivity contribution >= 4 is 45.1 Å². The molecule has 2 rings (SSSR count). The van der Waals surface area contributed by atoms with E-state index in [0.717, 1.165) is 11.1 Å². The summed E-state index contributed by atoms with van der Waals surface area (Å²) in [6.45, 7) is 5.50. The highest BCUT2D eigenvalue weighted by molar-refractivity contribution is 9.10. The molecule has 2 aromatic carbocycles. The average molecular weight is 441 g/mol. The number of esters is 1. The molecular formula is C19H19BrClNO4. The van der Waals surface area contributed by atoms with Gasteiger partial charge in [0.1, 0.15) is 5.75 Å². The van der Waals surface area contributed by atoms with E-state index in [4.69, 9.17) is 21.1 Å². The first kappa shape index (κ1) is 20.3. The van der Waals surface area contributed by atoms with Crippen molar-refractivity contribution in [2.45, 2.75) is 20.8 Å². The highest BCUT2D eigenvalue weighted by Gasteiger charge is 2.16. The number of carbonyl (C=O) groups excluding carboxylic acids is 2. The fourth-order valence-electron chi connectivity index (χ4n) is 2.31. The second-order valence-electron chi connectivity index (χ2n) is 5.55. The molecule has 1 amide bonds. The maximum absolute atomic E-state index is 12.2. The van der Waals surface area contributed by atoms with Crippen molar-refractivity contribution in [1.82, 2.24) is 0 Å². The van der Waals surface area contributed by atoms with E-state index in [0.29, 0.717) is 26.5 Å². The van der Waals surface area contributed by atoms with Crippen LogP contribution in [-0.4, -0.2) is 25.1 Å². The lowest BCUT2D eigenvalue weighted by atomic mass is 10.1. The third kappa shape index (κ3) is 4.77. The summed E-state index contributed by atoms with van der Waals surface area (Å²) in [6, 6.07) is 8.42. The van der Waals surface area contributed by atoms with Gasteiger partial charge < -0.3 is 14.8 Å². The summed E-state index contributed by atoms with van der Waals surface area (Å²) in [5, 5.41) is 3.32. The van der Waals surface area contributed by atoms with Gasteiger partial charge in [-0.3, -0.25) is 4.79 Å². The third-order valence-electron chi connectivity index (χ3n) is 3.62. The van der Waals surface area contributed by atoms with E-state index in [2.05, 4.69) is 21.2 Å². The Morgan fingerprint density at radius 3 is 2.62 bits per heavy atom. The molecule has 0 aliphatic heterocycles. The van der Waals surface area contributed by atoms with Crippen LogP contribution in [-0.2, 0) is 9.53 Å². The van der Waals surface area contributed by atoms with Gasteiger partial charge in [-0.1, -0.05) is 23.7 Å². The first-order chi connectivity index (χ1) is 12.3. The van der Waals surface area contributed by atoms with Crippen LogP contribution in [0.25, 0.3) is 0 Å². The van der Waals surface area contributed by atoms with Crippen molar-refractivity contribution in [1.29, 1.82) is 0 Å². The molecule has 26 heavy (non-hydrogen) atoms. The number of carbonyl (C=O) groups is 2. The molecule has 0 unspecified atom stereocenters. The van der Waals surface area contributed by atoms with E-state index >= 15 is 0 Å². The topological polar surface area (TPSA) is 64.6 Å². The minimum atomic E-state index is -0.490. The van der Waals surface area contributed by atoms with E-state index in [-0.39, 0.29) is 19.1 Å². The molecule has 0 atom stereocenters. The van der Waals surface area contributed by atoms with Crippen molar-refractivity contribution in [3.63, 3.8) is 0 Å². The monoisotopic (exact) mass is 439 g/mol. The van der Waals surface area contributed by atoms with Crippen LogP contribution in [0.1, 0.15) is 28.4 Å². The van der Waals surface area contributed by atoms with E-state index in [1.54, 1.807) is 37.3 Å². The Labute approximate surface area is 165 Å². The molecule has 0 aromatic heterocycles. The summed E-state index contributed by atoms with van der Waals surface area (Å²) in [6.07, 6.45) is 0. The molecule has 0 bridgehead atoms. The minimum absolute atomic E-state index is 0.212. The molecule has 0 radical (unpaired) electrons. The molecule has 0 aliphatic rings. The summed E-state index contributed by atoms with van der Waals surface area (Å²) in [7, 11) is 0. The van der Waals surface area contributed by atoms with Crippen molar-refractivity contribution in [2.24, 2.45) is 0 Å².